The van der Waals surface area contributed by atoms with Crippen LogP contribution in [-0.4, -0.2) is 16.1 Å². The topological polar surface area (TPSA) is 43.8 Å². The predicted octanol–water partition coefficient (Wildman–Crippen LogP) is 3.51. The Bertz CT molecular complexity index is 633. The molecule has 2 aliphatic rings. The number of hydrogen-bond acceptors (Lipinski definition) is 2. The van der Waals surface area contributed by atoms with Crippen molar-refractivity contribution in [1.29, 1.82) is 0 Å². The fraction of sp³-hybridized carbons (Fsp3) is 0.533. The first kappa shape index (κ1) is 11.9. The van der Waals surface area contributed by atoms with Gasteiger partial charge in [0.25, 0.3) is 0 Å². The van der Waals surface area contributed by atoms with Crippen molar-refractivity contribution in [3.8, 4) is 0 Å². The predicted molar refractivity (Wildman–Crippen MR) is 80.3 cm³/mol. The quantitative estimate of drug-likeness (QED) is 0.940. The van der Waals surface area contributed by atoms with Gasteiger partial charge in [0.1, 0.15) is 5.82 Å². The van der Waals surface area contributed by atoms with E-state index in [0.717, 1.165) is 16.5 Å². The Balaban J connectivity index is 1.96. The van der Waals surface area contributed by atoms with Crippen LogP contribution < -0.4 is 5.73 Å². The third kappa shape index (κ3) is 1.69. The lowest BCUT2D eigenvalue weighted by Gasteiger charge is -2.40. The van der Waals surface area contributed by atoms with Gasteiger partial charge in [-0.2, -0.15) is 0 Å². The number of hydrogen-bond donors (Lipinski definition) is 1. The SMILES string of the molecule is NCC1(c2nc3cc(Br)ccc3n2C2CC2)CCC1. The monoisotopic (exact) mass is 319 g/mol. The summed E-state index contributed by atoms with van der Waals surface area (Å²) in [6, 6.07) is 7.09. The molecule has 1 aromatic carbocycles. The third-order valence-electron chi connectivity index (χ3n) is 4.74. The summed E-state index contributed by atoms with van der Waals surface area (Å²) in [6.45, 7) is 0.726. The van der Waals surface area contributed by atoms with Crippen LogP contribution in [0, 0.1) is 0 Å². The largest absolute Gasteiger partial charge is 0.329 e. The minimum Gasteiger partial charge on any atom is -0.329 e. The molecule has 19 heavy (non-hydrogen) atoms. The number of aromatic nitrogens is 2. The summed E-state index contributed by atoms with van der Waals surface area (Å²) < 4.78 is 3.58. The Kier molecular flexibility index (Phi) is 2.55. The van der Waals surface area contributed by atoms with E-state index in [9.17, 15) is 0 Å². The van der Waals surface area contributed by atoms with E-state index in [1.807, 2.05) is 0 Å². The number of imidazole rings is 1. The Morgan fingerprint density at radius 2 is 2.16 bits per heavy atom. The van der Waals surface area contributed by atoms with Gasteiger partial charge < -0.3 is 10.3 Å². The molecule has 1 heterocycles. The lowest BCUT2D eigenvalue weighted by atomic mass is 9.68. The molecule has 2 saturated carbocycles. The van der Waals surface area contributed by atoms with E-state index < -0.39 is 0 Å². The van der Waals surface area contributed by atoms with E-state index in [1.165, 1.54) is 43.4 Å². The summed E-state index contributed by atoms with van der Waals surface area (Å²) in [4.78, 5) is 4.95. The number of fused-ring (bicyclic) bond motifs is 1. The van der Waals surface area contributed by atoms with Crippen molar-refractivity contribution >= 4 is 27.0 Å². The van der Waals surface area contributed by atoms with Gasteiger partial charge in [0.05, 0.1) is 11.0 Å². The summed E-state index contributed by atoms with van der Waals surface area (Å²) in [6.07, 6.45) is 6.25. The maximum Gasteiger partial charge on any atom is 0.117 e. The molecule has 0 aliphatic heterocycles. The van der Waals surface area contributed by atoms with E-state index in [4.69, 9.17) is 10.7 Å². The van der Waals surface area contributed by atoms with Crippen LogP contribution in [0.1, 0.15) is 44.0 Å². The van der Waals surface area contributed by atoms with E-state index in [1.54, 1.807) is 0 Å². The highest BCUT2D eigenvalue weighted by atomic mass is 79.9. The third-order valence-corrected chi connectivity index (χ3v) is 5.23. The summed E-state index contributed by atoms with van der Waals surface area (Å²) in [5.41, 5.74) is 8.61. The fourth-order valence-electron chi connectivity index (χ4n) is 3.27. The van der Waals surface area contributed by atoms with Gasteiger partial charge in [0.15, 0.2) is 0 Å². The highest BCUT2D eigenvalue weighted by molar-refractivity contribution is 9.10. The van der Waals surface area contributed by atoms with Crippen molar-refractivity contribution in [2.45, 2.75) is 43.6 Å². The van der Waals surface area contributed by atoms with Crippen molar-refractivity contribution in [2.75, 3.05) is 6.54 Å². The molecule has 0 spiro atoms. The molecule has 2 aliphatic carbocycles. The standard InChI is InChI=1S/C15H18BrN3/c16-10-2-5-13-12(8-10)18-14(19(13)11-3-4-11)15(9-17)6-1-7-15/h2,5,8,11H,1,3-4,6-7,9,17H2. The first-order chi connectivity index (χ1) is 9.23. The molecule has 0 unspecified atom stereocenters. The molecule has 0 atom stereocenters. The Morgan fingerprint density at radius 1 is 1.37 bits per heavy atom. The van der Waals surface area contributed by atoms with Crippen molar-refractivity contribution < 1.29 is 0 Å². The van der Waals surface area contributed by atoms with Crippen LogP contribution >= 0.6 is 15.9 Å². The van der Waals surface area contributed by atoms with Gasteiger partial charge in [0.2, 0.25) is 0 Å². The highest BCUT2D eigenvalue weighted by Crippen LogP contribution is 2.47. The Labute approximate surface area is 121 Å². The summed E-state index contributed by atoms with van der Waals surface area (Å²) in [5, 5.41) is 0. The van der Waals surface area contributed by atoms with Crippen molar-refractivity contribution in [2.24, 2.45) is 5.73 Å². The van der Waals surface area contributed by atoms with E-state index in [2.05, 4.69) is 38.7 Å². The normalized spacial score (nSPS) is 21.6. The maximum atomic E-state index is 6.08. The molecule has 0 amide bonds. The molecule has 0 bridgehead atoms. The molecule has 2 fully saturated rings. The minimum atomic E-state index is 0.147. The van der Waals surface area contributed by atoms with Crippen LogP contribution in [0.15, 0.2) is 22.7 Å². The molecular formula is C15H18BrN3. The van der Waals surface area contributed by atoms with Crippen LogP contribution in [-0.2, 0) is 5.41 Å². The van der Waals surface area contributed by atoms with Gasteiger partial charge in [-0.25, -0.2) is 4.98 Å². The smallest absolute Gasteiger partial charge is 0.117 e. The number of halogens is 1. The van der Waals surface area contributed by atoms with Crippen LogP contribution in [0.3, 0.4) is 0 Å². The zero-order valence-corrected chi connectivity index (χ0v) is 12.5. The average molecular weight is 320 g/mol. The zero-order chi connectivity index (χ0) is 13.0. The first-order valence-corrected chi connectivity index (χ1v) is 7.91. The van der Waals surface area contributed by atoms with Crippen LogP contribution in [0.5, 0.6) is 0 Å². The van der Waals surface area contributed by atoms with Crippen molar-refractivity contribution in [1.82, 2.24) is 9.55 Å². The molecule has 3 nitrogen and oxygen atoms in total. The molecule has 0 radical (unpaired) electrons. The summed E-state index contributed by atoms with van der Waals surface area (Å²) in [7, 11) is 0. The molecule has 100 valence electrons. The van der Waals surface area contributed by atoms with Gasteiger partial charge in [-0.3, -0.25) is 0 Å². The minimum absolute atomic E-state index is 0.147. The molecule has 4 heteroatoms. The second kappa shape index (κ2) is 4.06. The number of benzene rings is 1. The number of nitrogens with zero attached hydrogens (tertiary/aromatic N) is 2. The number of rotatable bonds is 3. The molecule has 0 saturated heterocycles. The lowest BCUT2D eigenvalue weighted by Crippen LogP contribution is -2.43. The van der Waals surface area contributed by atoms with E-state index in [-0.39, 0.29) is 5.41 Å². The van der Waals surface area contributed by atoms with Crippen LogP contribution in [0.2, 0.25) is 0 Å². The Morgan fingerprint density at radius 3 is 2.74 bits per heavy atom. The van der Waals surface area contributed by atoms with Gasteiger partial charge >= 0.3 is 0 Å². The van der Waals surface area contributed by atoms with Gasteiger partial charge in [-0.1, -0.05) is 22.4 Å². The summed E-state index contributed by atoms with van der Waals surface area (Å²) in [5.74, 6) is 1.25. The van der Waals surface area contributed by atoms with Crippen molar-refractivity contribution in [3.05, 3.63) is 28.5 Å². The van der Waals surface area contributed by atoms with Crippen LogP contribution in [0.25, 0.3) is 11.0 Å². The maximum absolute atomic E-state index is 6.08. The second-order valence-corrected chi connectivity index (χ2v) is 6.92. The first-order valence-electron chi connectivity index (χ1n) is 7.12. The van der Waals surface area contributed by atoms with Crippen molar-refractivity contribution in [3.63, 3.8) is 0 Å². The zero-order valence-electron chi connectivity index (χ0n) is 10.9. The second-order valence-electron chi connectivity index (χ2n) is 6.01. The van der Waals surface area contributed by atoms with E-state index >= 15 is 0 Å². The van der Waals surface area contributed by atoms with E-state index in [0.29, 0.717) is 6.04 Å². The molecule has 2 N–H and O–H groups in total. The summed E-state index contributed by atoms with van der Waals surface area (Å²) >= 11 is 3.54. The molecule has 4 rings (SSSR count). The molecule has 1 aromatic heterocycles. The Hall–Kier alpha value is -0.870. The highest BCUT2D eigenvalue weighted by Gasteiger charge is 2.43. The molecular weight excluding hydrogens is 302 g/mol. The van der Waals surface area contributed by atoms with Gasteiger partial charge in [-0.05, 0) is 43.9 Å². The fourth-order valence-corrected chi connectivity index (χ4v) is 3.62. The lowest BCUT2D eigenvalue weighted by molar-refractivity contribution is 0.231. The molecule has 2 aromatic rings. The average Bonchev–Trinajstić information content (AvgIpc) is 3.11. The van der Waals surface area contributed by atoms with Gasteiger partial charge in [0, 0.05) is 22.5 Å². The number of nitrogens with two attached hydrogens (primary N) is 1. The van der Waals surface area contributed by atoms with Crippen LogP contribution in [0.4, 0.5) is 0 Å². The van der Waals surface area contributed by atoms with Gasteiger partial charge in [-0.15, -0.1) is 0 Å².